The Balaban J connectivity index is 2.98. The third-order valence-electron chi connectivity index (χ3n) is 2.46. The summed E-state index contributed by atoms with van der Waals surface area (Å²) in [6.45, 7) is 3.79. The van der Waals surface area contributed by atoms with Gasteiger partial charge in [0, 0.05) is 0 Å². The summed E-state index contributed by atoms with van der Waals surface area (Å²) in [4.78, 5) is 11.1. The SMILES string of the molecule is CC(C)C[C@@H](Nc1cccc(F)c1C#N)C(=O)O. The smallest absolute Gasteiger partial charge is 0.326 e. The topological polar surface area (TPSA) is 73.1 Å². The van der Waals surface area contributed by atoms with Gasteiger partial charge >= 0.3 is 5.97 Å². The van der Waals surface area contributed by atoms with Gasteiger partial charge in [-0.25, -0.2) is 9.18 Å². The highest BCUT2D eigenvalue weighted by Gasteiger charge is 2.20. The van der Waals surface area contributed by atoms with Crippen molar-refractivity contribution in [3.8, 4) is 6.07 Å². The monoisotopic (exact) mass is 250 g/mol. The van der Waals surface area contributed by atoms with Crippen molar-refractivity contribution in [1.82, 2.24) is 0 Å². The third-order valence-corrected chi connectivity index (χ3v) is 2.46. The Kier molecular flexibility index (Phi) is 4.67. The number of hydrogen-bond donors (Lipinski definition) is 2. The molecule has 18 heavy (non-hydrogen) atoms. The number of carboxylic acid groups (broad SMARTS) is 1. The molecule has 0 saturated heterocycles. The molecule has 1 aromatic rings. The molecule has 0 aliphatic carbocycles. The van der Waals surface area contributed by atoms with Crippen molar-refractivity contribution in [2.75, 3.05) is 5.32 Å². The van der Waals surface area contributed by atoms with Crippen molar-refractivity contribution in [2.24, 2.45) is 5.92 Å². The molecule has 0 aromatic heterocycles. The van der Waals surface area contributed by atoms with Gasteiger partial charge in [0.1, 0.15) is 23.5 Å². The normalized spacial score (nSPS) is 11.9. The molecule has 1 aromatic carbocycles. The first kappa shape index (κ1) is 14.0. The zero-order valence-electron chi connectivity index (χ0n) is 10.3. The van der Waals surface area contributed by atoms with E-state index in [-0.39, 0.29) is 17.2 Å². The van der Waals surface area contributed by atoms with E-state index in [0.29, 0.717) is 6.42 Å². The lowest BCUT2D eigenvalue weighted by atomic mass is 10.0. The second-order valence-electron chi connectivity index (χ2n) is 4.44. The van der Waals surface area contributed by atoms with Gasteiger partial charge in [0.25, 0.3) is 0 Å². The summed E-state index contributed by atoms with van der Waals surface area (Å²) in [5.74, 6) is -1.49. The number of halogens is 1. The summed E-state index contributed by atoms with van der Waals surface area (Å²) in [5.41, 5.74) is 0.0538. The van der Waals surface area contributed by atoms with Crippen LogP contribution in [0, 0.1) is 23.1 Å². The van der Waals surface area contributed by atoms with Gasteiger partial charge in [0.15, 0.2) is 0 Å². The van der Waals surface area contributed by atoms with Crippen LogP contribution in [0.1, 0.15) is 25.8 Å². The van der Waals surface area contributed by atoms with Crippen LogP contribution in [-0.2, 0) is 4.79 Å². The Morgan fingerprint density at radius 2 is 2.22 bits per heavy atom. The lowest BCUT2D eigenvalue weighted by Gasteiger charge is -2.18. The maximum absolute atomic E-state index is 13.4. The van der Waals surface area contributed by atoms with E-state index in [9.17, 15) is 9.18 Å². The van der Waals surface area contributed by atoms with Gasteiger partial charge in [-0.15, -0.1) is 0 Å². The molecule has 0 aliphatic rings. The highest BCUT2D eigenvalue weighted by molar-refractivity contribution is 5.78. The molecule has 0 spiro atoms. The van der Waals surface area contributed by atoms with Crippen molar-refractivity contribution < 1.29 is 14.3 Å². The number of nitrogens with one attached hydrogen (secondary N) is 1. The Hall–Kier alpha value is -2.09. The minimum absolute atomic E-state index is 0.160. The number of rotatable bonds is 5. The number of aliphatic carboxylic acids is 1. The Morgan fingerprint density at radius 3 is 2.72 bits per heavy atom. The molecular weight excluding hydrogens is 235 g/mol. The Labute approximate surface area is 105 Å². The highest BCUT2D eigenvalue weighted by atomic mass is 19.1. The molecule has 0 radical (unpaired) electrons. The van der Waals surface area contributed by atoms with Crippen molar-refractivity contribution in [3.63, 3.8) is 0 Å². The summed E-state index contributed by atoms with van der Waals surface area (Å²) < 4.78 is 13.4. The van der Waals surface area contributed by atoms with E-state index in [4.69, 9.17) is 10.4 Å². The molecule has 2 N–H and O–H groups in total. The quantitative estimate of drug-likeness (QED) is 0.842. The molecule has 0 fully saturated rings. The van der Waals surface area contributed by atoms with Crippen LogP contribution >= 0.6 is 0 Å². The second kappa shape index (κ2) is 6.01. The van der Waals surface area contributed by atoms with Gasteiger partial charge in [-0.3, -0.25) is 0 Å². The van der Waals surface area contributed by atoms with Crippen LogP contribution in [0.2, 0.25) is 0 Å². The number of hydrogen-bond acceptors (Lipinski definition) is 3. The second-order valence-corrected chi connectivity index (χ2v) is 4.44. The number of benzene rings is 1. The molecule has 0 heterocycles. The minimum atomic E-state index is -1.02. The molecule has 0 aliphatic heterocycles. The summed E-state index contributed by atoms with van der Waals surface area (Å²) in [7, 11) is 0. The summed E-state index contributed by atoms with van der Waals surface area (Å²) >= 11 is 0. The maximum Gasteiger partial charge on any atom is 0.326 e. The van der Waals surface area contributed by atoms with Crippen molar-refractivity contribution in [1.29, 1.82) is 5.26 Å². The van der Waals surface area contributed by atoms with E-state index >= 15 is 0 Å². The van der Waals surface area contributed by atoms with Crippen LogP contribution in [0.4, 0.5) is 10.1 Å². The molecule has 0 unspecified atom stereocenters. The number of nitriles is 1. The molecule has 0 saturated carbocycles. The molecular formula is C13H15FN2O2. The van der Waals surface area contributed by atoms with Crippen LogP contribution in [0.25, 0.3) is 0 Å². The average molecular weight is 250 g/mol. The van der Waals surface area contributed by atoms with Crippen LogP contribution in [0.15, 0.2) is 18.2 Å². The number of nitrogens with zero attached hydrogens (tertiary/aromatic N) is 1. The zero-order valence-corrected chi connectivity index (χ0v) is 10.3. The van der Waals surface area contributed by atoms with Gasteiger partial charge in [0.2, 0.25) is 0 Å². The predicted octanol–water partition coefficient (Wildman–Crippen LogP) is 2.61. The average Bonchev–Trinajstić information content (AvgIpc) is 2.27. The molecule has 4 nitrogen and oxygen atoms in total. The molecule has 5 heteroatoms. The maximum atomic E-state index is 13.4. The van der Waals surface area contributed by atoms with E-state index in [1.807, 2.05) is 13.8 Å². The first-order chi connectivity index (χ1) is 8.45. The standard InChI is InChI=1S/C13H15FN2O2/c1-8(2)6-12(13(17)18)16-11-5-3-4-10(14)9(11)7-15/h3-5,8,12,16H,6H2,1-2H3,(H,17,18)/t12-/m1/s1. The first-order valence-electron chi connectivity index (χ1n) is 5.63. The van der Waals surface area contributed by atoms with Crippen LogP contribution < -0.4 is 5.32 Å². The fourth-order valence-electron chi connectivity index (χ4n) is 1.64. The van der Waals surface area contributed by atoms with Gasteiger partial charge in [-0.1, -0.05) is 19.9 Å². The Bertz CT molecular complexity index is 480. The first-order valence-corrected chi connectivity index (χ1v) is 5.63. The van der Waals surface area contributed by atoms with E-state index in [2.05, 4.69) is 5.32 Å². The molecule has 1 rings (SSSR count). The van der Waals surface area contributed by atoms with Crippen LogP contribution in [-0.4, -0.2) is 17.1 Å². The third kappa shape index (κ3) is 3.45. The van der Waals surface area contributed by atoms with Gasteiger partial charge in [0.05, 0.1) is 5.69 Å². The molecule has 96 valence electrons. The lowest BCUT2D eigenvalue weighted by molar-refractivity contribution is -0.138. The van der Waals surface area contributed by atoms with E-state index in [1.54, 1.807) is 6.07 Å². The predicted molar refractivity (Wildman–Crippen MR) is 65.6 cm³/mol. The highest BCUT2D eigenvalue weighted by Crippen LogP contribution is 2.20. The van der Waals surface area contributed by atoms with Gasteiger partial charge in [-0.05, 0) is 24.5 Å². The zero-order chi connectivity index (χ0) is 13.7. The number of anilines is 1. The lowest BCUT2D eigenvalue weighted by Crippen LogP contribution is -2.31. The number of carboxylic acids is 1. The molecule has 0 bridgehead atoms. The van der Waals surface area contributed by atoms with E-state index < -0.39 is 17.8 Å². The summed E-state index contributed by atoms with van der Waals surface area (Å²) in [5, 5.41) is 20.6. The van der Waals surface area contributed by atoms with E-state index in [0.717, 1.165) is 0 Å². The summed E-state index contributed by atoms with van der Waals surface area (Å²) in [6.07, 6.45) is 0.400. The van der Waals surface area contributed by atoms with Crippen LogP contribution in [0.3, 0.4) is 0 Å². The Morgan fingerprint density at radius 1 is 1.56 bits per heavy atom. The fraction of sp³-hybridized carbons (Fsp3) is 0.385. The fourth-order valence-corrected chi connectivity index (χ4v) is 1.64. The van der Waals surface area contributed by atoms with E-state index in [1.165, 1.54) is 18.2 Å². The minimum Gasteiger partial charge on any atom is -0.480 e. The van der Waals surface area contributed by atoms with Crippen LogP contribution in [0.5, 0.6) is 0 Å². The molecule has 1 atom stereocenters. The number of carbonyl (C=O) groups is 1. The summed E-state index contributed by atoms with van der Waals surface area (Å²) in [6, 6.07) is 5.00. The van der Waals surface area contributed by atoms with Gasteiger partial charge < -0.3 is 10.4 Å². The van der Waals surface area contributed by atoms with Gasteiger partial charge in [-0.2, -0.15) is 5.26 Å². The van der Waals surface area contributed by atoms with Crippen molar-refractivity contribution in [2.45, 2.75) is 26.3 Å². The molecule has 0 amide bonds. The largest absolute Gasteiger partial charge is 0.480 e. The van der Waals surface area contributed by atoms with Crippen molar-refractivity contribution >= 4 is 11.7 Å². The van der Waals surface area contributed by atoms with Crippen molar-refractivity contribution in [3.05, 3.63) is 29.6 Å².